The van der Waals surface area contributed by atoms with E-state index in [0.29, 0.717) is 21.5 Å². The van der Waals surface area contributed by atoms with Crippen molar-refractivity contribution in [2.45, 2.75) is 49.0 Å². The smallest absolute Gasteiger partial charge is 0.400 e. The number of rotatable bonds is 2. The summed E-state index contributed by atoms with van der Waals surface area (Å²) in [6.45, 7) is 12.3. The van der Waals surface area contributed by atoms with Gasteiger partial charge in [0.1, 0.15) is 0 Å². The fraction of sp³-hybridized carbons (Fsp3) is 0.233. The van der Waals surface area contributed by atoms with Crippen LogP contribution in [0.4, 0.5) is 0 Å². The molecule has 184 valence electrons. The van der Waals surface area contributed by atoms with Crippen LogP contribution in [0.3, 0.4) is 0 Å². The van der Waals surface area contributed by atoms with Crippen LogP contribution in [-0.2, 0) is 22.4 Å². The molecule has 0 spiro atoms. The summed E-state index contributed by atoms with van der Waals surface area (Å²) in [5.74, 6) is 0. The molecule has 0 amide bonds. The third-order valence-corrected chi connectivity index (χ3v) is 6.54. The van der Waals surface area contributed by atoms with Crippen LogP contribution in [0.15, 0.2) is 64.4 Å². The monoisotopic (exact) mass is 558 g/mol. The number of aryl methyl sites for hydroxylation is 6. The van der Waals surface area contributed by atoms with E-state index in [1.165, 1.54) is 11.1 Å². The van der Waals surface area contributed by atoms with Crippen LogP contribution < -0.4 is 10.9 Å². The molecule has 1 heterocycles. The standard InChI is InChI=1S/C29H27N2O2.CH4.Ag/c1-16-11-18(3)24(19(4)12-16)30-15-31(25-20(5)13-17(2)14-21(25)6)27-26(30)28(32)22-9-7-8-10-23(22)29(27)33;;/h7-15H,1-6H3;1H4;/q-1;;+1. The molecule has 0 fully saturated rings. The van der Waals surface area contributed by atoms with Gasteiger partial charge in [0, 0.05) is 27.8 Å². The van der Waals surface area contributed by atoms with Gasteiger partial charge < -0.3 is 9.13 Å². The van der Waals surface area contributed by atoms with E-state index in [0.717, 1.165) is 33.6 Å². The zero-order valence-electron chi connectivity index (χ0n) is 20.2. The third-order valence-electron chi connectivity index (χ3n) is 6.54. The van der Waals surface area contributed by atoms with Gasteiger partial charge in [0.15, 0.2) is 10.9 Å². The van der Waals surface area contributed by atoms with Crippen LogP contribution in [0.5, 0.6) is 0 Å². The predicted octanol–water partition coefficient (Wildman–Crippen LogP) is 6.07. The summed E-state index contributed by atoms with van der Waals surface area (Å²) in [4.78, 5) is 27.6. The fourth-order valence-electron chi connectivity index (χ4n) is 5.47. The molecule has 0 saturated carbocycles. The Morgan fingerprint density at radius 3 is 1.23 bits per heavy atom. The van der Waals surface area contributed by atoms with Gasteiger partial charge >= 0.3 is 22.4 Å². The normalized spacial score (nSPS) is 10.9. The Hall–Kier alpha value is -3.05. The Balaban J connectivity index is 0.00000171. The molecule has 5 heteroatoms. The summed E-state index contributed by atoms with van der Waals surface area (Å²) in [5, 5.41) is 1.77. The molecule has 35 heavy (non-hydrogen) atoms. The summed E-state index contributed by atoms with van der Waals surface area (Å²) in [6.07, 6.45) is 1.92. The molecule has 0 radical (unpaired) electrons. The van der Waals surface area contributed by atoms with Gasteiger partial charge in [-0.05, 0) is 52.9 Å². The summed E-state index contributed by atoms with van der Waals surface area (Å²) in [7, 11) is 0. The van der Waals surface area contributed by atoms with Gasteiger partial charge in [-0.1, -0.05) is 89.3 Å². The van der Waals surface area contributed by atoms with E-state index in [2.05, 4.69) is 65.8 Å². The number of nitrogens with zero attached hydrogens (tertiary/aromatic N) is 2. The van der Waals surface area contributed by atoms with E-state index >= 15 is 0 Å². The van der Waals surface area contributed by atoms with Gasteiger partial charge in [0.05, 0.1) is 0 Å². The van der Waals surface area contributed by atoms with E-state index in [9.17, 15) is 9.59 Å². The third kappa shape index (κ3) is 4.06. The van der Waals surface area contributed by atoms with Gasteiger partial charge in [-0.15, -0.1) is 0 Å². The largest absolute Gasteiger partial charge is 1.00 e. The molecule has 5 rings (SSSR count). The van der Waals surface area contributed by atoms with Gasteiger partial charge in [-0.3, -0.25) is 9.59 Å². The van der Waals surface area contributed by atoms with Crippen LogP contribution in [0, 0.1) is 52.2 Å². The van der Waals surface area contributed by atoms with E-state index in [1.54, 1.807) is 12.1 Å². The van der Waals surface area contributed by atoms with Crippen molar-refractivity contribution in [3.05, 3.63) is 119 Å². The van der Waals surface area contributed by atoms with Crippen molar-refractivity contribution in [2.24, 2.45) is 0 Å². The van der Waals surface area contributed by atoms with Crippen molar-refractivity contribution in [2.75, 3.05) is 0 Å². The molecule has 0 bridgehead atoms. The van der Waals surface area contributed by atoms with Gasteiger partial charge in [0.2, 0.25) is 0 Å². The maximum absolute atomic E-state index is 13.8. The molecule has 3 aromatic carbocycles. The Morgan fingerprint density at radius 2 is 0.914 bits per heavy atom. The Labute approximate surface area is 221 Å². The first kappa shape index (κ1) is 26.6. The average Bonchev–Trinajstić information content (AvgIpc) is 3.10. The first-order valence-electron chi connectivity index (χ1n) is 11.2. The van der Waals surface area contributed by atoms with Crippen molar-refractivity contribution in [3.8, 4) is 11.4 Å². The molecule has 0 unspecified atom stereocenters. The first-order chi connectivity index (χ1) is 15.7. The van der Waals surface area contributed by atoms with Crippen molar-refractivity contribution in [1.29, 1.82) is 0 Å². The number of fused-ring (bicyclic) bond motifs is 1. The minimum atomic E-state index is -0.124. The maximum Gasteiger partial charge on any atom is 1.00 e. The minimum Gasteiger partial charge on any atom is -0.400 e. The average molecular weight is 559 g/mol. The molecule has 4 nitrogen and oxygen atoms in total. The maximum atomic E-state index is 13.8. The van der Waals surface area contributed by atoms with Gasteiger partial charge in [0.25, 0.3) is 0 Å². The molecule has 3 aromatic rings. The minimum absolute atomic E-state index is 0. The van der Waals surface area contributed by atoms with Crippen LogP contribution in [0.1, 0.15) is 40.8 Å². The fourth-order valence-corrected chi connectivity index (χ4v) is 5.47. The SMILES string of the molecule is C.Cc1cc(C)c(-n2[cH-]n(-c3c(C)cc(C)cc3C)c3c(=O)c4ccccc4c(=O)c2=3)c(C)c1.[Ag+]. The van der Waals surface area contributed by atoms with Gasteiger partial charge in [-0.2, -0.15) is 0 Å². The summed E-state index contributed by atoms with van der Waals surface area (Å²) < 4.78 is 3.85. The Kier molecular flexibility index (Phi) is 7.24. The summed E-state index contributed by atoms with van der Waals surface area (Å²) >= 11 is 0. The zero-order valence-corrected chi connectivity index (χ0v) is 21.7. The second-order valence-electron chi connectivity index (χ2n) is 9.25. The topological polar surface area (TPSA) is 44.0 Å². The molecule has 2 aliphatic rings. The molecule has 1 aliphatic carbocycles. The Bertz CT molecular complexity index is 1600. The molecule has 0 saturated heterocycles. The van der Waals surface area contributed by atoms with Crippen molar-refractivity contribution < 1.29 is 22.4 Å². The molecule has 1 aliphatic heterocycles. The van der Waals surface area contributed by atoms with Crippen LogP contribution in [0.2, 0.25) is 0 Å². The summed E-state index contributed by atoms with van der Waals surface area (Å²) in [6, 6.07) is 15.6. The summed E-state index contributed by atoms with van der Waals surface area (Å²) in [5.41, 5.74) is 8.23. The second-order valence-corrected chi connectivity index (χ2v) is 9.25. The zero-order chi connectivity index (χ0) is 23.6. The quantitative estimate of drug-likeness (QED) is 0.195. The van der Waals surface area contributed by atoms with E-state index < -0.39 is 0 Å². The molecule has 0 aromatic heterocycles. The number of hydrogen-bond acceptors (Lipinski definition) is 2. The predicted molar refractivity (Wildman–Crippen MR) is 141 cm³/mol. The first-order valence-corrected chi connectivity index (χ1v) is 11.2. The van der Waals surface area contributed by atoms with Crippen molar-refractivity contribution in [3.63, 3.8) is 0 Å². The van der Waals surface area contributed by atoms with Crippen molar-refractivity contribution >= 4 is 10.8 Å². The second kappa shape index (κ2) is 9.54. The van der Waals surface area contributed by atoms with E-state index in [1.807, 2.05) is 27.6 Å². The number of benzene rings is 3. The van der Waals surface area contributed by atoms with Crippen LogP contribution >= 0.6 is 0 Å². The van der Waals surface area contributed by atoms with Crippen LogP contribution in [-0.4, -0.2) is 9.13 Å². The number of aromatic nitrogens is 2. The van der Waals surface area contributed by atoms with E-state index in [4.69, 9.17) is 0 Å². The molecule has 0 N–H and O–H groups in total. The Morgan fingerprint density at radius 1 is 0.600 bits per heavy atom. The van der Waals surface area contributed by atoms with Gasteiger partial charge in [-0.25, -0.2) is 0 Å². The molecule has 0 atom stereocenters. The number of hydrogen-bond donors (Lipinski definition) is 0. The van der Waals surface area contributed by atoms with E-state index in [-0.39, 0.29) is 40.7 Å². The molecular weight excluding hydrogens is 528 g/mol. The van der Waals surface area contributed by atoms with Crippen molar-refractivity contribution in [1.82, 2.24) is 9.13 Å². The molecular formula is C30H31AgN2O2. The van der Waals surface area contributed by atoms with Crippen LogP contribution in [0.25, 0.3) is 22.1 Å².